The number of benzene rings is 1. The van der Waals surface area contributed by atoms with Crippen molar-refractivity contribution in [3.8, 4) is 0 Å². The highest BCUT2D eigenvalue weighted by Crippen LogP contribution is 2.47. The first-order chi connectivity index (χ1) is 14.9. The number of anilines is 1. The Morgan fingerprint density at radius 1 is 1.16 bits per heavy atom. The summed E-state index contributed by atoms with van der Waals surface area (Å²) in [6, 6.07) is 12.6. The van der Waals surface area contributed by atoms with Crippen molar-refractivity contribution in [2.45, 2.75) is 50.9 Å². The summed E-state index contributed by atoms with van der Waals surface area (Å²) in [7, 11) is 0. The van der Waals surface area contributed by atoms with Gasteiger partial charge in [-0.2, -0.15) is 13.2 Å². The zero-order chi connectivity index (χ0) is 21.5. The number of hydrogen-bond acceptors (Lipinski definition) is 5. The maximum absolute atomic E-state index is 12.8. The molecule has 1 saturated carbocycles. The van der Waals surface area contributed by atoms with Gasteiger partial charge in [0.05, 0.1) is 11.8 Å². The van der Waals surface area contributed by atoms with E-state index in [-0.39, 0.29) is 5.41 Å². The Balaban J connectivity index is 1.27. The van der Waals surface area contributed by atoms with Gasteiger partial charge in [-0.3, -0.25) is 0 Å². The molecule has 2 atom stereocenters. The summed E-state index contributed by atoms with van der Waals surface area (Å²) < 4.78 is 38.5. The van der Waals surface area contributed by atoms with Crippen LogP contribution >= 0.6 is 11.3 Å². The van der Waals surface area contributed by atoms with Gasteiger partial charge in [0, 0.05) is 30.6 Å². The number of fused-ring (bicyclic) bond motifs is 1. The van der Waals surface area contributed by atoms with Gasteiger partial charge in [-0.1, -0.05) is 30.3 Å². The molecule has 1 aliphatic carbocycles. The van der Waals surface area contributed by atoms with Crippen molar-refractivity contribution in [3.63, 3.8) is 0 Å². The van der Waals surface area contributed by atoms with Gasteiger partial charge in [-0.25, -0.2) is 9.97 Å². The number of nitrogens with one attached hydrogen (secondary N) is 1. The number of alkyl halides is 3. The second-order valence-corrected chi connectivity index (χ2v) is 10.0. The monoisotopic (exact) mass is 446 g/mol. The number of halogens is 3. The molecule has 3 aromatic rings. The van der Waals surface area contributed by atoms with Crippen LogP contribution in [-0.4, -0.2) is 35.3 Å². The lowest BCUT2D eigenvalue weighted by atomic mass is 9.85. The molecule has 0 bridgehead atoms. The van der Waals surface area contributed by atoms with Gasteiger partial charge >= 0.3 is 6.18 Å². The second-order valence-electron chi connectivity index (χ2n) is 8.90. The quantitative estimate of drug-likeness (QED) is 0.575. The highest BCUT2D eigenvalue weighted by Gasteiger charge is 2.44. The third-order valence-corrected chi connectivity index (χ3v) is 7.66. The fourth-order valence-corrected chi connectivity index (χ4v) is 6.18. The Morgan fingerprint density at radius 3 is 2.81 bits per heavy atom. The molecule has 5 rings (SSSR count). The molecule has 1 aliphatic heterocycles. The van der Waals surface area contributed by atoms with Crippen molar-refractivity contribution in [2.24, 2.45) is 5.41 Å². The first-order valence-electron chi connectivity index (χ1n) is 10.7. The van der Waals surface area contributed by atoms with Crippen molar-refractivity contribution in [2.75, 3.05) is 18.0 Å². The first-order valence-corrected chi connectivity index (χ1v) is 11.5. The van der Waals surface area contributed by atoms with Crippen LogP contribution in [0, 0.1) is 5.41 Å². The average Bonchev–Trinajstić information content (AvgIpc) is 3.44. The molecule has 1 aromatic carbocycles. The number of nitrogens with zero attached hydrogens (tertiary/aromatic N) is 3. The zero-order valence-corrected chi connectivity index (χ0v) is 18.0. The lowest BCUT2D eigenvalue weighted by Gasteiger charge is -2.25. The molecule has 31 heavy (non-hydrogen) atoms. The Morgan fingerprint density at radius 2 is 2.00 bits per heavy atom. The van der Waals surface area contributed by atoms with Crippen molar-refractivity contribution >= 4 is 27.4 Å². The third kappa shape index (κ3) is 4.55. The van der Waals surface area contributed by atoms with E-state index in [1.165, 1.54) is 18.3 Å². The summed E-state index contributed by atoms with van der Waals surface area (Å²) in [4.78, 5) is 11.9. The van der Waals surface area contributed by atoms with Gasteiger partial charge in [-0.05, 0) is 42.7 Å². The molecular weight excluding hydrogens is 421 g/mol. The molecule has 4 nitrogen and oxygen atoms in total. The van der Waals surface area contributed by atoms with Gasteiger partial charge < -0.3 is 10.2 Å². The molecule has 1 N–H and O–H groups in total. The molecule has 2 aliphatic rings. The normalized spacial score (nSPS) is 24.0. The van der Waals surface area contributed by atoms with Gasteiger partial charge in [0.2, 0.25) is 0 Å². The third-order valence-electron chi connectivity index (χ3n) is 6.61. The molecule has 1 saturated heterocycles. The summed E-state index contributed by atoms with van der Waals surface area (Å²) in [5.41, 5.74) is 1.56. The van der Waals surface area contributed by atoms with Gasteiger partial charge in [0.15, 0.2) is 0 Å². The molecule has 164 valence electrons. The summed E-state index contributed by atoms with van der Waals surface area (Å²) in [5.74, 6) is 0.784. The maximum Gasteiger partial charge on any atom is 0.393 e. The van der Waals surface area contributed by atoms with E-state index in [9.17, 15) is 13.2 Å². The number of rotatable bonds is 5. The van der Waals surface area contributed by atoms with Crippen LogP contribution in [0.3, 0.4) is 0 Å². The van der Waals surface area contributed by atoms with Crippen LogP contribution in [0.1, 0.15) is 36.1 Å². The molecule has 3 heterocycles. The number of thiophene rings is 1. The van der Waals surface area contributed by atoms with E-state index in [1.54, 1.807) is 6.07 Å². The minimum atomic E-state index is -4.21. The molecule has 2 aromatic heterocycles. The van der Waals surface area contributed by atoms with Crippen LogP contribution < -0.4 is 10.2 Å². The summed E-state index contributed by atoms with van der Waals surface area (Å²) in [5, 5.41) is 4.46. The van der Waals surface area contributed by atoms with Crippen LogP contribution in [0.4, 0.5) is 19.0 Å². The number of hydrogen-bond donors (Lipinski definition) is 1. The van der Waals surface area contributed by atoms with Gasteiger partial charge in [0.25, 0.3) is 0 Å². The van der Waals surface area contributed by atoms with Crippen LogP contribution in [0.2, 0.25) is 0 Å². The summed E-state index contributed by atoms with van der Waals surface area (Å²) in [6.07, 6.45) is 0.926. The van der Waals surface area contributed by atoms with E-state index in [4.69, 9.17) is 0 Å². The molecule has 2 fully saturated rings. The molecule has 0 radical (unpaired) electrons. The van der Waals surface area contributed by atoms with E-state index in [0.717, 1.165) is 61.4 Å². The smallest absolute Gasteiger partial charge is 0.355 e. The van der Waals surface area contributed by atoms with E-state index in [2.05, 4.69) is 44.5 Å². The molecule has 1 spiro atoms. The SMILES string of the molecule is FC(F)(F)Cc1cc2c(N3CC[C@]4(CC[C@H](NCc5ccccc5)C4)C3)ncnc2s1. The van der Waals surface area contributed by atoms with Gasteiger partial charge in [-0.15, -0.1) is 11.3 Å². The highest BCUT2D eigenvalue weighted by molar-refractivity contribution is 7.18. The minimum Gasteiger partial charge on any atom is -0.355 e. The predicted octanol–water partition coefficient (Wildman–Crippen LogP) is 5.33. The Hall–Kier alpha value is -2.19. The fourth-order valence-electron chi connectivity index (χ4n) is 5.16. The maximum atomic E-state index is 12.8. The van der Waals surface area contributed by atoms with Crippen molar-refractivity contribution < 1.29 is 13.2 Å². The van der Waals surface area contributed by atoms with Crippen molar-refractivity contribution in [1.29, 1.82) is 0 Å². The minimum absolute atomic E-state index is 0.260. The Bertz CT molecular complexity index is 1050. The fraction of sp³-hybridized carbons (Fsp3) is 0.478. The van der Waals surface area contributed by atoms with Crippen LogP contribution in [0.15, 0.2) is 42.7 Å². The Kier molecular flexibility index (Phi) is 5.38. The van der Waals surface area contributed by atoms with Crippen molar-refractivity contribution in [1.82, 2.24) is 15.3 Å². The largest absolute Gasteiger partial charge is 0.393 e. The average molecular weight is 447 g/mol. The van der Waals surface area contributed by atoms with Crippen molar-refractivity contribution in [3.05, 3.63) is 53.2 Å². The van der Waals surface area contributed by atoms with E-state index in [1.807, 2.05) is 6.07 Å². The molecule has 0 unspecified atom stereocenters. The second kappa shape index (κ2) is 8.06. The lowest BCUT2D eigenvalue weighted by Crippen LogP contribution is -2.30. The molecule has 8 heteroatoms. The topological polar surface area (TPSA) is 41.0 Å². The van der Waals surface area contributed by atoms with Gasteiger partial charge in [0.1, 0.15) is 17.0 Å². The molecular formula is C23H25F3N4S. The Labute approximate surface area is 183 Å². The van der Waals surface area contributed by atoms with E-state index in [0.29, 0.717) is 15.7 Å². The van der Waals surface area contributed by atoms with E-state index < -0.39 is 12.6 Å². The van der Waals surface area contributed by atoms with Crippen LogP contribution in [0.5, 0.6) is 0 Å². The van der Waals surface area contributed by atoms with Crippen LogP contribution in [0.25, 0.3) is 10.2 Å². The molecule has 0 amide bonds. The number of aromatic nitrogens is 2. The predicted molar refractivity (Wildman–Crippen MR) is 117 cm³/mol. The summed E-state index contributed by atoms with van der Waals surface area (Å²) >= 11 is 1.12. The summed E-state index contributed by atoms with van der Waals surface area (Å²) in [6.45, 7) is 2.68. The standard InChI is InChI=1S/C23H25F3N4S/c24-23(25,26)12-18-10-19-20(28-15-29-21(19)31-18)30-9-8-22(14-30)7-6-17(11-22)27-13-16-4-2-1-3-5-16/h1-5,10,15,17,27H,6-9,11-14H2/t17-,22-/m0/s1. The lowest BCUT2D eigenvalue weighted by molar-refractivity contribution is -0.126. The van der Waals surface area contributed by atoms with E-state index >= 15 is 0 Å². The highest BCUT2D eigenvalue weighted by atomic mass is 32.1. The van der Waals surface area contributed by atoms with Crippen LogP contribution in [-0.2, 0) is 13.0 Å². The zero-order valence-electron chi connectivity index (χ0n) is 17.2. The first kappa shape index (κ1) is 20.7.